The number of Topliss-reactive ketones (excluding diaryl/α,β-unsaturated/α-hetero) is 1. The lowest BCUT2D eigenvalue weighted by Crippen LogP contribution is -2.36. The van der Waals surface area contributed by atoms with E-state index in [4.69, 9.17) is 9.26 Å². The number of benzene rings is 2. The Bertz CT molecular complexity index is 1350. The third-order valence-electron chi connectivity index (χ3n) is 5.86. The van der Waals surface area contributed by atoms with Crippen molar-refractivity contribution in [1.29, 1.82) is 0 Å². The Morgan fingerprint density at radius 1 is 1.15 bits per heavy atom. The molecule has 176 valence electrons. The highest BCUT2D eigenvalue weighted by molar-refractivity contribution is 5.98. The second-order valence-electron chi connectivity index (χ2n) is 8.20. The van der Waals surface area contributed by atoms with Crippen LogP contribution in [0.15, 0.2) is 47.1 Å². The normalized spacial score (nSPS) is 14.6. The van der Waals surface area contributed by atoms with E-state index in [9.17, 15) is 18.0 Å². The van der Waals surface area contributed by atoms with E-state index in [2.05, 4.69) is 15.1 Å². The summed E-state index contributed by atoms with van der Waals surface area (Å²) in [7, 11) is 0. The van der Waals surface area contributed by atoms with Gasteiger partial charge in [0.05, 0.1) is 41.6 Å². The highest BCUT2D eigenvalue weighted by atomic mass is 19.4. The SMILES string of the molecule is Cc1oncc1C(=O)Cc1ccc2nc(-c3cc(N4CCOCC4)cc(C(F)(F)F)c3)[nH]c2c1. The van der Waals surface area contributed by atoms with Crippen molar-refractivity contribution < 1.29 is 27.2 Å². The fourth-order valence-corrected chi connectivity index (χ4v) is 4.07. The third-order valence-corrected chi connectivity index (χ3v) is 5.86. The van der Waals surface area contributed by atoms with Gasteiger partial charge < -0.3 is 19.1 Å². The molecule has 5 rings (SSSR count). The predicted molar refractivity (Wildman–Crippen MR) is 119 cm³/mol. The van der Waals surface area contributed by atoms with Gasteiger partial charge in [0, 0.05) is 30.8 Å². The van der Waals surface area contributed by atoms with Crippen LogP contribution in [0.25, 0.3) is 22.4 Å². The monoisotopic (exact) mass is 470 g/mol. The number of ether oxygens (including phenoxy) is 1. The number of fused-ring (bicyclic) bond motifs is 1. The largest absolute Gasteiger partial charge is 0.416 e. The molecule has 0 atom stereocenters. The molecular weight excluding hydrogens is 449 g/mol. The number of alkyl halides is 3. The zero-order valence-electron chi connectivity index (χ0n) is 18.3. The van der Waals surface area contributed by atoms with E-state index in [1.54, 1.807) is 31.2 Å². The molecule has 2 aromatic carbocycles. The third kappa shape index (κ3) is 4.41. The summed E-state index contributed by atoms with van der Waals surface area (Å²) in [5.74, 6) is 0.648. The number of H-pyrrole nitrogens is 1. The van der Waals surface area contributed by atoms with Crippen molar-refractivity contribution in [3.05, 3.63) is 65.0 Å². The smallest absolute Gasteiger partial charge is 0.378 e. The maximum Gasteiger partial charge on any atom is 0.416 e. The molecule has 1 N–H and O–H groups in total. The van der Waals surface area contributed by atoms with Crippen LogP contribution in [-0.2, 0) is 17.3 Å². The van der Waals surface area contributed by atoms with Gasteiger partial charge in [0.2, 0.25) is 0 Å². The van der Waals surface area contributed by atoms with Gasteiger partial charge in [-0.15, -0.1) is 0 Å². The Kier molecular flexibility index (Phi) is 5.60. The number of morpholine rings is 1. The molecule has 0 aliphatic carbocycles. The zero-order chi connectivity index (χ0) is 23.9. The molecule has 0 bridgehead atoms. The minimum atomic E-state index is -4.49. The van der Waals surface area contributed by atoms with Crippen molar-refractivity contribution >= 4 is 22.5 Å². The quantitative estimate of drug-likeness (QED) is 0.422. The number of rotatable bonds is 5. The van der Waals surface area contributed by atoms with E-state index in [-0.39, 0.29) is 12.2 Å². The molecular formula is C24H21F3N4O3. The molecule has 10 heteroatoms. The van der Waals surface area contributed by atoms with Gasteiger partial charge in [-0.1, -0.05) is 11.2 Å². The average molecular weight is 470 g/mol. The fraction of sp³-hybridized carbons (Fsp3) is 0.292. The Morgan fingerprint density at radius 3 is 2.65 bits per heavy atom. The van der Waals surface area contributed by atoms with Crippen LogP contribution >= 0.6 is 0 Å². The number of nitrogens with one attached hydrogen (secondary N) is 1. The maximum absolute atomic E-state index is 13.6. The Morgan fingerprint density at radius 2 is 1.94 bits per heavy atom. The van der Waals surface area contributed by atoms with Gasteiger partial charge in [-0.25, -0.2) is 4.98 Å². The van der Waals surface area contributed by atoms with Crippen LogP contribution in [0.2, 0.25) is 0 Å². The Labute approximate surface area is 192 Å². The highest BCUT2D eigenvalue weighted by Gasteiger charge is 2.32. The first-order chi connectivity index (χ1) is 16.3. The summed E-state index contributed by atoms with van der Waals surface area (Å²) in [5, 5.41) is 3.63. The van der Waals surface area contributed by atoms with Crippen molar-refractivity contribution in [2.24, 2.45) is 0 Å². The Balaban J connectivity index is 1.48. The number of nitrogens with zero attached hydrogens (tertiary/aromatic N) is 3. The second-order valence-corrected chi connectivity index (χ2v) is 8.20. The molecule has 0 saturated carbocycles. The van der Waals surface area contributed by atoms with E-state index in [0.717, 1.165) is 17.7 Å². The minimum absolute atomic E-state index is 0.133. The number of halogens is 3. The predicted octanol–water partition coefficient (Wildman–Crippen LogP) is 4.81. The first-order valence-corrected chi connectivity index (χ1v) is 10.8. The van der Waals surface area contributed by atoms with Crippen molar-refractivity contribution in [3.8, 4) is 11.4 Å². The second kappa shape index (κ2) is 8.60. The maximum atomic E-state index is 13.6. The number of anilines is 1. The molecule has 0 spiro atoms. The van der Waals surface area contributed by atoms with Crippen LogP contribution in [0.1, 0.15) is 27.2 Å². The minimum Gasteiger partial charge on any atom is -0.378 e. The van der Waals surface area contributed by atoms with Gasteiger partial charge in [-0.2, -0.15) is 13.2 Å². The lowest BCUT2D eigenvalue weighted by atomic mass is 10.0. The molecule has 4 aromatic rings. The molecule has 2 aromatic heterocycles. The van der Waals surface area contributed by atoms with Gasteiger partial charge in [0.15, 0.2) is 5.78 Å². The molecule has 0 amide bonds. The van der Waals surface area contributed by atoms with Crippen LogP contribution in [0, 0.1) is 6.92 Å². The van der Waals surface area contributed by atoms with Gasteiger partial charge in [-0.3, -0.25) is 4.79 Å². The van der Waals surface area contributed by atoms with Crippen LogP contribution in [0.4, 0.5) is 18.9 Å². The van der Waals surface area contributed by atoms with E-state index in [1.165, 1.54) is 6.20 Å². The summed E-state index contributed by atoms with van der Waals surface area (Å²) in [6.45, 7) is 3.64. The van der Waals surface area contributed by atoms with Crippen molar-refractivity contribution in [3.63, 3.8) is 0 Å². The number of imidazole rings is 1. The standard InChI is InChI=1S/C24H21F3N4O3/c1-14-19(13-28-34-14)22(32)9-15-2-3-20-21(8-15)30-23(29-20)16-10-17(24(25,26)27)12-18(11-16)31-4-6-33-7-5-31/h2-3,8,10-13H,4-7,9H2,1H3,(H,29,30). The summed E-state index contributed by atoms with van der Waals surface area (Å²) in [6.07, 6.45) is -2.96. The summed E-state index contributed by atoms with van der Waals surface area (Å²) in [4.78, 5) is 22.0. The number of hydrogen-bond donors (Lipinski definition) is 1. The first kappa shape index (κ1) is 22.1. The molecule has 1 saturated heterocycles. The van der Waals surface area contributed by atoms with Crippen LogP contribution < -0.4 is 4.90 Å². The number of aromatic amines is 1. The lowest BCUT2D eigenvalue weighted by molar-refractivity contribution is -0.137. The molecule has 1 fully saturated rings. The van der Waals surface area contributed by atoms with Crippen molar-refractivity contribution in [2.75, 3.05) is 31.2 Å². The zero-order valence-corrected chi connectivity index (χ0v) is 18.3. The van der Waals surface area contributed by atoms with Crippen LogP contribution in [0.5, 0.6) is 0 Å². The molecule has 3 heterocycles. The van der Waals surface area contributed by atoms with Crippen molar-refractivity contribution in [2.45, 2.75) is 19.5 Å². The number of aromatic nitrogens is 3. The average Bonchev–Trinajstić information content (AvgIpc) is 3.44. The molecule has 1 aliphatic heterocycles. The molecule has 1 aliphatic rings. The van der Waals surface area contributed by atoms with Gasteiger partial charge in [0.1, 0.15) is 11.6 Å². The Hall–Kier alpha value is -3.66. The summed E-state index contributed by atoms with van der Waals surface area (Å²) >= 11 is 0. The van der Waals surface area contributed by atoms with Crippen LogP contribution in [0.3, 0.4) is 0 Å². The first-order valence-electron chi connectivity index (χ1n) is 10.8. The molecule has 7 nitrogen and oxygen atoms in total. The number of aryl methyl sites for hydroxylation is 1. The summed E-state index contributed by atoms with van der Waals surface area (Å²) in [6, 6.07) is 9.27. The molecule has 34 heavy (non-hydrogen) atoms. The topological polar surface area (TPSA) is 84.2 Å². The number of carbonyl (C=O) groups excluding carboxylic acids is 1. The van der Waals surface area contributed by atoms with E-state index < -0.39 is 11.7 Å². The number of carbonyl (C=O) groups is 1. The van der Waals surface area contributed by atoms with E-state index in [0.29, 0.717) is 65.7 Å². The summed E-state index contributed by atoms with van der Waals surface area (Å²) < 4.78 is 51.2. The van der Waals surface area contributed by atoms with Gasteiger partial charge in [-0.05, 0) is 42.8 Å². The highest BCUT2D eigenvalue weighted by Crippen LogP contribution is 2.36. The van der Waals surface area contributed by atoms with Crippen LogP contribution in [-0.4, -0.2) is 47.2 Å². The molecule has 0 unspecified atom stereocenters. The van der Waals surface area contributed by atoms with E-state index in [1.807, 2.05) is 4.90 Å². The molecule has 0 radical (unpaired) electrons. The van der Waals surface area contributed by atoms with Gasteiger partial charge >= 0.3 is 6.18 Å². The van der Waals surface area contributed by atoms with Gasteiger partial charge in [0.25, 0.3) is 0 Å². The van der Waals surface area contributed by atoms with Crippen molar-refractivity contribution in [1.82, 2.24) is 15.1 Å². The number of hydrogen-bond acceptors (Lipinski definition) is 6. The van der Waals surface area contributed by atoms with E-state index >= 15 is 0 Å². The summed E-state index contributed by atoms with van der Waals surface area (Å²) in [5.41, 5.74) is 2.47. The number of ketones is 1. The lowest BCUT2D eigenvalue weighted by Gasteiger charge is -2.29. The fourth-order valence-electron chi connectivity index (χ4n) is 4.07.